The molecule has 5 rings (SSSR count). The number of aliphatic hydroxyl groups excluding tert-OH is 1. The highest BCUT2D eigenvalue weighted by molar-refractivity contribution is 6.72. The molecule has 0 bridgehead atoms. The lowest BCUT2D eigenvalue weighted by Gasteiger charge is -2.39. The van der Waals surface area contributed by atoms with Crippen LogP contribution in [0.25, 0.3) is 0 Å². The number of amides is 2. The zero-order valence-electron chi connectivity index (χ0n) is 23.2. The fourth-order valence-corrected chi connectivity index (χ4v) is 9.22. The van der Waals surface area contributed by atoms with Crippen molar-refractivity contribution >= 4 is 43.3 Å². The third-order valence-electron chi connectivity index (χ3n) is 8.31. The van der Waals surface area contributed by atoms with Gasteiger partial charge in [-0.2, -0.15) is 0 Å². The monoisotopic (exact) mass is 585 g/mol. The first-order chi connectivity index (χ1) is 19.3. The SMILES string of the molecule is CC(=O)OC1CC(=O)N1c1cccc(CN2C(=O)[C@]3(O[C@H](CCO)[C@@H]([Si](C)(C)F)[C@@H]3C)c3cc([N+](=O)[O-])ccc32)c1. The molecule has 2 aromatic rings. The smallest absolute Gasteiger partial charge is 0.304 e. The number of esters is 1. The Labute approximate surface area is 237 Å². The standard InChI is InChI=1S/C28H32FN3O8Si/c1-16-26(41(3,4)29)23(10-11-33)40-28(16)21-13-20(32(37)38)8-9-22(21)30(27(28)36)15-18-6-5-7-19(12-18)31-24(35)14-25(31)39-17(2)34/h5-9,12-13,16,23,25-26,33H,10-11,14-15H2,1-4H3/t16-,23+,25?,26-,28+/m0/s1. The fourth-order valence-electron chi connectivity index (χ4n) is 6.67. The third kappa shape index (κ3) is 4.71. The molecule has 3 aliphatic rings. The van der Waals surface area contributed by atoms with Crippen LogP contribution in [0.4, 0.5) is 21.2 Å². The van der Waals surface area contributed by atoms with E-state index < -0.39 is 54.6 Å². The maximum Gasteiger partial charge on any atom is 0.304 e. The van der Waals surface area contributed by atoms with E-state index in [4.69, 9.17) is 9.47 Å². The van der Waals surface area contributed by atoms with Crippen molar-refractivity contribution in [2.24, 2.45) is 5.92 Å². The number of hydrogen-bond acceptors (Lipinski definition) is 8. The number of carbonyl (C=O) groups is 3. The molecule has 3 heterocycles. The number of halogens is 1. The van der Waals surface area contributed by atoms with Crippen LogP contribution in [0.15, 0.2) is 42.5 Å². The summed E-state index contributed by atoms with van der Waals surface area (Å²) in [7, 11) is -3.42. The van der Waals surface area contributed by atoms with E-state index in [9.17, 15) is 29.6 Å². The summed E-state index contributed by atoms with van der Waals surface area (Å²) in [6.45, 7) is 5.87. The van der Waals surface area contributed by atoms with Crippen LogP contribution in [-0.4, -0.2) is 55.2 Å². The van der Waals surface area contributed by atoms with Gasteiger partial charge in [-0.25, -0.2) is 0 Å². The van der Waals surface area contributed by atoms with Crippen LogP contribution in [0, 0.1) is 16.0 Å². The molecule has 2 aromatic carbocycles. The van der Waals surface area contributed by atoms with Crippen LogP contribution in [-0.2, 0) is 36.0 Å². The third-order valence-corrected chi connectivity index (χ3v) is 10.8. The second kappa shape index (κ2) is 10.3. The van der Waals surface area contributed by atoms with Gasteiger partial charge in [-0.15, -0.1) is 0 Å². The molecular formula is C28H32FN3O8Si. The van der Waals surface area contributed by atoms with E-state index in [1.807, 2.05) is 0 Å². The van der Waals surface area contributed by atoms with Gasteiger partial charge in [0.1, 0.15) is 0 Å². The van der Waals surface area contributed by atoms with E-state index in [-0.39, 0.29) is 37.6 Å². The quantitative estimate of drug-likeness (QED) is 0.123. The Morgan fingerprint density at radius 2 is 2.00 bits per heavy atom. The molecule has 218 valence electrons. The van der Waals surface area contributed by atoms with Crippen LogP contribution in [0.3, 0.4) is 0 Å². The first kappa shape index (κ1) is 28.8. The van der Waals surface area contributed by atoms with E-state index in [0.717, 1.165) is 0 Å². The van der Waals surface area contributed by atoms with E-state index in [1.54, 1.807) is 31.2 Å². The Morgan fingerprint density at radius 3 is 2.61 bits per heavy atom. The number of β-lactam (4-membered cyclic amide) rings is 1. The molecule has 5 atom stereocenters. The van der Waals surface area contributed by atoms with E-state index in [1.165, 1.54) is 48.0 Å². The molecule has 2 amide bonds. The lowest BCUT2D eigenvalue weighted by atomic mass is 9.82. The van der Waals surface area contributed by atoms with Crippen LogP contribution in [0.5, 0.6) is 0 Å². The number of anilines is 2. The van der Waals surface area contributed by atoms with Crippen LogP contribution < -0.4 is 9.80 Å². The maximum absolute atomic E-state index is 15.7. The molecule has 0 saturated carbocycles. The highest BCUT2D eigenvalue weighted by Gasteiger charge is 2.66. The lowest BCUT2D eigenvalue weighted by Crippen LogP contribution is -2.54. The molecule has 3 aliphatic heterocycles. The molecule has 1 unspecified atom stereocenters. The van der Waals surface area contributed by atoms with Crippen molar-refractivity contribution in [3.63, 3.8) is 0 Å². The number of carbonyl (C=O) groups excluding carboxylic acids is 3. The van der Waals surface area contributed by atoms with Crippen molar-refractivity contribution in [1.29, 1.82) is 0 Å². The van der Waals surface area contributed by atoms with Gasteiger partial charge in [0.25, 0.3) is 11.6 Å². The number of ether oxygens (including phenoxy) is 2. The Bertz CT molecular complexity index is 1430. The number of non-ortho nitro benzene ring substituents is 1. The molecule has 41 heavy (non-hydrogen) atoms. The Hall–Kier alpha value is -3.68. The van der Waals surface area contributed by atoms with Gasteiger partial charge < -0.3 is 23.6 Å². The number of nitro groups is 1. The number of nitro benzene ring substituents is 1. The van der Waals surface area contributed by atoms with Crippen LogP contribution in [0.1, 0.15) is 37.8 Å². The maximum atomic E-state index is 15.7. The predicted molar refractivity (Wildman–Crippen MR) is 148 cm³/mol. The van der Waals surface area contributed by atoms with Crippen molar-refractivity contribution in [2.75, 3.05) is 16.4 Å². The molecule has 1 spiro atoms. The summed E-state index contributed by atoms with van der Waals surface area (Å²) < 4.78 is 27.3. The van der Waals surface area contributed by atoms with Crippen molar-refractivity contribution in [3.05, 3.63) is 63.7 Å². The topological polar surface area (TPSA) is 140 Å². The van der Waals surface area contributed by atoms with Crippen molar-refractivity contribution in [2.45, 2.75) is 69.8 Å². The van der Waals surface area contributed by atoms with Gasteiger partial charge >= 0.3 is 5.97 Å². The molecule has 0 aliphatic carbocycles. The number of nitrogens with zero attached hydrogens (tertiary/aromatic N) is 3. The van der Waals surface area contributed by atoms with Crippen LogP contribution in [0.2, 0.25) is 18.6 Å². The summed E-state index contributed by atoms with van der Waals surface area (Å²) in [4.78, 5) is 52.1. The second-order valence-electron chi connectivity index (χ2n) is 11.3. The molecule has 2 saturated heterocycles. The molecule has 0 radical (unpaired) electrons. The number of rotatable bonds is 8. The fraction of sp³-hybridized carbons (Fsp3) is 0.464. The zero-order valence-corrected chi connectivity index (χ0v) is 24.2. The van der Waals surface area contributed by atoms with Gasteiger partial charge in [0.15, 0.2) is 11.8 Å². The van der Waals surface area contributed by atoms with E-state index >= 15 is 4.11 Å². The first-order valence-corrected chi connectivity index (χ1v) is 16.4. The Morgan fingerprint density at radius 1 is 1.27 bits per heavy atom. The molecule has 2 fully saturated rings. The summed E-state index contributed by atoms with van der Waals surface area (Å²) >= 11 is 0. The van der Waals surface area contributed by atoms with Gasteiger partial charge in [-0.3, -0.25) is 29.4 Å². The first-order valence-electron chi connectivity index (χ1n) is 13.5. The minimum Gasteiger partial charge on any atom is -0.441 e. The van der Waals surface area contributed by atoms with E-state index in [2.05, 4.69) is 0 Å². The molecule has 0 aromatic heterocycles. The molecule has 11 nitrogen and oxygen atoms in total. The predicted octanol–water partition coefficient (Wildman–Crippen LogP) is 3.92. The summed E-state index contributed by atoms with van der Waals surface area (Å²) in [5, 5.41) is 21.4. The Balaban J connectivity index is 1.55. The van der Waals surface area contributed by atoms with Crippen LogP contribution >= 0.6 is 0 Å². The summed E-state index contributed by atoms with van der Waals surface area (Å²) in [6.07, 6.45) is -1.25. The van der Waals surface area contributed by atoms with Gasteiger partial charge in [0.05, 0.1) is 29.7 Å². The van der Waals surface area contributed by atoms with Crippen molar-refractivity contribution in [1.82, 2.24) is 0 Å². The van der Waals surface area contributed by atoms with E-state index in [0.29, 0.717) is 22.5 Å². The Kier molecular flexibility index (Phi) is 7.24. The molecule has 13 heteroatoms. The highest BCUT2D eigenvalue weighted by Crippen LogP contribution is 2.60. The zero-order chi connectivity index (χ0) is 29.9. The van der Waals surface area contributed by atoms with Gasteiger partial charge in [0, 0.05) is 48.4 Å². The number of aliphatic hydroxyl groups is 1. The van der Waals surface area contributed by atoms with Crippen molar-refractivity contribution < 1.29 is 38.0 Å². The number of fused-ring (bicyclic) bond motifs is 2. The average molecular weight is 586 g/mol. The summed E-state index contributed by atoms with van der Waals surface area (Å²) in [5.41, 5.74) is -0.656. The second-order valence-corrected chi connectivity index (χ2v) is 15.1. The minimum absolute atomic E-state index is 0.0430. The highest BCUT2D eigenvalue weighted by atomic mass is 28.4. The largest absolute Gasteiger partial charge is 0.441 e. The lowest BCUT2D eigenvalue weighted by molar-refractivity contribution is -0.385. The van der Waals surface area contributed by atoms with Gasteiger partial charge in [0.2, 0.25) is 14.3 Å². The van der Waals surface area contributed by atoms with Gasteiger partial charge in [-0.1, -0.05) is 19.1 Å². The molecule has 1 N–H and O–H groups in total. The number of benzene rings is 2. The average Bonchev–Trinajstić information content (AvgIpc) is 3.30. The summed E-state index contributed by atoms with van der Waals surface area (Å²) in [5.74, 6) is -1.84. The van der Waals surface area contributed by atoms with Crippen molar-refractivity contribution in [3.8, 4) is 0 Å². The summed E-state index contributed by atoms with van der Waals surface area (Å²) in [6, 6.07) is 11.0. The molecular weight excluding hydrogens is 553 g/mol. The number of hydrogen-bond donors (Lipinski definition) is 1. The minimum atomic E-state index is -3.42. The normalized spacial score (nSPS) is 27.3. The van der Waals surface area contributed by atoms with Gasteiger partial charge in [-0.05, 0) is 43.3 Å².